The van der Waals surface area contributed by atoms with Gasteiger partial charge in [-0.1, -0.05) is 35.8 Å². The minimum absolute atomic E-state index is 0.194. The van der Waals surface area contributed by atoms with Crippen LogP contribution >= 0.6 is 0 Å². The van der Waals surface area contributed by atoms with Crippen molar-refractivity contribution < 1.29 is 23.9 Å². The fourth-order valence-corrected chi connectivity index (χ4v) is 1.64. The first-order chi connectivity index (χ1) is 10.9. The monoisotopic (exact) mass is 336 g/mol. The summed E-state index contributed by atoms with van der Waals surface area (Å²) < 4.78 is 10.3. The zero-order valence-electron chi connectivity index (χ0n) is 15.1. The number of amides is 2. The summed E-state index contributed by atoms with van der Waals surface area (Å²) in [6, 6.07) is 9.30. The molecule has 0 heterocycles. The second-order valence-electron chi connectivity index (χ2n) is 7.24. The van der Waals surface area contributed by atoms with Gasteiger partial charge in [-0.3, -0.25) is 0 Å². The molecule has 24 heavy (non-hydrogen) atoms. The number of ether oxygens (including phenoxy) is 2. The van der Waals surface area contributed by atoms with Crippen molar-refractivity contribution in [1.82, 2.24) is 5.43 Å². The predicted octanol–water partition coefficient (Wildman–Crippen LogP) is 4.03. The van der Waals surface area contributed by atoms with Crippen molar-refractivity contribution >= 4 is 12.2 Å². The smallest absolute Gasteiger partial charge is 0.440 e. The molecule has 0 radical (unpaired) electrons. The molecular weight excluding hydrogens is 310 g/mol. The van der Waals surface area contributed by atoms with E-state index >= 15 is 0 Å². The van der Waals surface area contributed by atoms with Crippen LogP contribution in [0.25, 0.3) is 0 Å². The summed E-state index contributed by atoms with van der Waals surface area (Å²) in [6.45, 7) is 10.7. The number of benzene rings is 1. The molecule has 1 rings (SSSR count). The van der Waals surface area contributed by atoms with Gasteiger partial charge >= 0.3 is 12.2 Å². The standard InChI is InChI=1S/C17H25N3O4/c1-16(2,3)23-14(21)18-20(12-13-10-8-7-9-11-13)19-15(22)24-17(4,5)6/h7-11H,12H2,1-6H3/p+1. The summed E-state index contributed by atoms with van der Waals surface area (Å²) in [7, 11) is 0. The van der Waals surface area contributed by atoms with Gasteiger partial charge in [0.25, 0.3) is 0 Å². The lowest BCUT2D eigenvalue weighted by molar-refractivity contribution is -0.648. The molecule has 0 unspecified atom stereocenters. The Labute approximate surface area is 142 Å². The van der Waals surface area contributed by atoms with Crippen LogP contribution in [0.3, 0.4) is 0 Å². The van der Waals surface area contributed by atoms with E-state index in [0.717, 1.165) is 10.4 Å². The van der Waals surface area contributed by atoms with E-state index in [1.165, 1.54) is 0 Å². The first-order valence-corrected chi connectivity index (χ1v) is 7.70. The fourth-order valence-electron chi connectivity index (χ4n) is 1.64. The Kier molecular flexibility index (Phi) is 6.45. The van der Waals surface area contributed by atoms with Crippen LogP contribution in [0.4, 0.5) is 9.59 Å². The van der Waals surface area contributed by atoms with Crippen LogP contribution in [-0.4, -0.2) is 28.2 Å². The molecule has 0 aliphatic rings. The second-order valence-corrected chi connectivity index (χ2v) is 7.24. The fraction of sp³-hybridized carbons (Fsp3) is 0.529. The molecule has 1 N–H and O–H groups in total. The maximum Gasteiger partial charge on any atom is 0.493 e. The van der Waals surface area contributed by atoms with Crippen LogP contribution < -0.4 is 5.43 Å². The van der Waals surface area contributed by atoms with E-state index in [2.05, 4.69) is 10.5 Å². The van der Waals surface area contributed by atoms with Crippen molar-refractivity contribution in [2.75, 3.05) is 0 Å². The molecule has 0 fully saturated rings. The van der Waals surface area contributed by atoms with Gasteiger partial charge in [0.05, 0.1) is 0 Å². The van der Waals surface area contributed by atoms with Gasteiger partial charge < -0.3 is 9.47 Å². The number of nitrogens with zero attached hydrogens (tertiary/aromatic N) is 2. The Morgan fingerprint density at radius 3 is 2.04 bits per heavy atom. The molecule has 0 atom stereocenters. The molecule has 7 heteroatoms. The third-order valence-corrected chi connectivity index (χ3v) is 2.39. The summed E-state index contributed by atoms with van der Waals surface area (Å²) in [4.78, 5) is 25.0. The number of rotatable bonds is 3. The molecule has 0 spiro atoms. The summed E-state index contributed by atoms with van der Waals surface area (Å²) in [5, 5.41) is 3.79. The lowest BCUT2D eigenvalue weighted by Gasteiger charge is -2.18. The summed E-state index contributed by atoms with van der Waals surface area (Å²) in [5.41, 5.74) is 1.97. The molecule has 2 amide bonds. The SMILES string of the molecule is CC(C)(C)OC(=O)/N=[N+](\Cc1ccccc1)NC(=O)OC(C)(C)C. The van der Waals surface area contributed by atoms with Crippen LogP contribution in [0.1, 0.15) is 47.1 Å². The van der Waals surface area contributed by atoms with Crippen molar-refractivity contribution in [3.05, 3.63) is 35.9 Å². The molecule has 0 aliphatic carbocycles. The lowest BCUT2D eigenvalue weighted by Crippen LogP contribution is -2.39. The number of hydrazine groups is 1. The number of hydrogen-bond acceptors (Lipinski definition) is 4. The average Bonchev–Trinajstić information content (AvgIpc) is 2.34. The molecule has 7 nitrogen and oxygen atoms in total. The van der Waals surface area contributed by atoms with Gasteiger partial charge in [-0.25, -0.2) is 9.59 Å². The first kappa shape index (κ1) is 19.6. The van der Waals surface area contributed by atoms with Crippen LogP contribution in [0.15, 0.2) is 35.4 Å². The molecule has 0 bridgehead atoms. The molecular formula is C17H26N3O4+. The first-order valence-electron chi connectivity index (χ1n) is 7.70. The Morgan fingerprint density at radius 1 is 1.00 bits per heavy atom. The topological polar surface area (TPSA) is 80.0 Å². The van der Waals surface area contributed by atoms with Gasteiger partial charge in [-0.15, -0.1) is 0 Å². The maximum atomic E-state index is 11.9. The van der Waals surface area contributed by atoms with Crippen molar-refractivity contribution in [2.45, 2.75) is 59.3 Å². The third-order valence-electron chi connectivity index (χ3n) is 2.39. The van der Waals surface area contributed by atoms with Crippen LogP contribution in [0.5, 0.6) is 0 Å². The Balaban J connectivity index is 2.90. The molecule has 132 valence electrons. The normalized spacial score (nSPS) is 12.5. The quantitative estimate of drug-likeness (QED) is 0.513. The van der Waals surface area contributed by atoms with Crippen molar-refractivity contribution in [3.8, 4) is 0 Å². The van der Waals surface area contributed by atoms with Crippen molar-refractivity contribution in [1.29, 1.82) is 0 Å². The van der Waals surface area contributed by atoms with Crippen molar-refractivity contribution in [3.63, 3.8) is 0 Å². The number of carbonyl (C=O) groups excluding carboxylic acids is 2. The van der Waals surface area contributed by atoms with Gasteiger partial charge in [0.2, 0.25) is 6.54 Å². The molecule has 0 aliphatic heterocycles. The predicted molar refractivity (Wildman–Crippen MR) is 88.4 cm³/mol. The van der Waals surface area contributed by atoms with E-state index in [-0.39, 0.29) is 6.54 Å². The van der Waals surface area contributed by atoms with Crippen LogP contribution in [0.2, 0.25) is 0 Å². The third kappa shape index (κ3) is 8.87. The van der Waals surface area contributed by atoms with E-state index in [1.54, 1.807) is 41.5 Å². The Bertz CT molecular complexity index is 599. The van der Waals surface area contributed by atoms with Crippen LogP contribution in [-0.2, 0) is 16.0 Å². The highest BCUT2D eigenvalue weighted by Crippen LogP contribution is 2.09. The highest BCUT2D eigenvalue weighted by Gasteiger charge is 2.24. The lowest BCUT2D eigenvalue weighted by atomic mass is 10.2. The highest BCUT2D eigenvalue weighted by molar-refractivity contribution is 5.68. The van der Waals surface area contributed by atoms with Gasteiger partial charge in [-0.2, -0.15) is 0 Å². The maximum absolute atomic E-state index is 11.9. The van der Waals surface area contributed by atoms with Crippen LogP contribution in [0, 0.1) is 0 Å². The summed E-state index contributed by atoms with van der Waals surface area (Å²) >= 11 is 0. The Morgan fingerprint density at radius 2 is 1.54 bits per heavy atom. The van der Waals surface area contributed by atoms with Crippen molar-refractivity contribution in [2.24, 2.45) is 5.11 Å². The van der Waals surface area contributed by atoms with E-state index < -0.39 is 23.4 Å². The van der Waals surface area contributed by atoms with Gasteiger partial charge in [0.1, 0.15) is 16.3 Å². The number of carbonyl (C=O) groups is 2. The van der Waals surface area contributed by atoms with Gasteiger partial charge in [-0.05, 0) is 41.5 Å². The molecule has 1 aromatic rings. The Hall–Kier alpha value is -2.44. The van der Waals surface area contributed by atoms with E-state index in [9.17, 15) is 9.59 Å². The number of azo groups is 1. The van der Waals surface area contributed by atoms with E-state index in [1.807, 2.05) is 30.3 Å². The molecule has 0 saturated heterocycles. The highest BCUT2D eigenvalue weighted by atomic mass is 16.6. The minimum Gasteiger partial charge on any atom is -0.440 e. The number of hydrogen-bond donors (Lipinski definition) is 1. The summed E-state index contributed by atoms with van der Waals surface area (Å²) in [5.74, 6) is 0. The minimum atomic E-state index is -0.797. The molecule has 0 saturated carbocycles. The summed E-state index contributed by atoms with van der Waals surface area (Å²) in [6.07, 6.45) is -1.50. The molecule has 0 aromatic heterocycles. The largest absolute Gasteiger partial charge is 0.493 e. The zero-order valence-corrected chi connectivity index (χ0v) is 15.1. The molecule has 1 aromatic carbocycles. The zero-order chi connectivity index (χ0) is 18.4. The van der Waals surface area contributed by atoms with E-state index in [0.29, 0.717) is 0 Å². The second kappa shape index (κ2) is 7.90. The van der Waals surface area contributed by atoms with Gasteiger partial charge in [0.15, 0.2) is 0 Å². The van der Waals surface area contributed by atoms with E-state index in [4.69, 9.17) is 9.47 Å². The average molecular weight is 336 g/mol. The van der Waals surface area contributed by atoms with Gasteiger partial charge in [0, 0.05) is 10.4 Å². The number of nitrogens with one attached hydrogen (secondary N) is 1.